The molecule has 0 aliphatic carbocycles. The molecule has 0 radical (unpaired) electrons. The van der Waals surface area contributed by atoms with E-state index in [0.29, 0.717) is 18.6 Å². The fourth-order valence-electron chi connectivity index (χ4n) is 2.03. The van der Waals surface area contributed by atoms with Gasteiger partial charge in [0.25, 0.3) is 5.91 Å². The molecule has 116 valence electrons. The van der Waals surface area contributed by atoms with Gasteiger partial charge in [-0.1, -0.05) is 32.0 Å². The molecule has 1 atom stereocenters. The van der Waals surface area contributed by atoms with Gasteiger partial charge in [-0.3, -0.25) is 9.59 Å². The van der Waals surface area contributed by atoms with Crippen molar-refractivity contribution >= 4 is 11.9 Å². The van der Waals surface area contributed by atoms with Crippen molar-refractivity contribution in [3.63, 3.8) is 0 Å². The summed E-state index contributed by atoms with van der Waals surface area (Å²) >= 11 is 0. The predicted octanol–water partition coefficient (Wildman–Crippen LogP) is 2.46. The molecule has 1 aromatic rings. The van der Waals surface area contributed by atoms with E-state index in [2.05, 4.69) is 5.32 Å². The number of hydrogen-bond acceptors (Lipinski definition) is 3. The van der Waals surface area contributed by atoms with E-state index in [1.54, 1.807) is 19.1 Å². The zero-order valence-corrected chi connectivity index (χ0v) is 12.8. The van der Waals surface area contributed by atoms with Crippen LogP contribution in [-0.2, 0) is 9.59 Å². The minimum Gasteiger partial charge on any atom is -0.481 e. The molecule has 1 unspecified atom stereocenters. The first kappa shape index (κ1) is 17.0. The fraction of sp³-hybridized carbons (Fsp3) is 0.500. The molecule has 0 fully saturated rings. The van der Waals surface area contributed by atoms with Gasteiger partial charge in [0.05, 0.1) is 5.41 Å². The highest BCUT2D eigenvalue weighted by Crippen LogP contribution is 2.25. The average Bonchev–Trinajstić information content (AvgIpc) is 2.49. The number of hydrogen-bond donors (Lipinski definition) is 2. The van der Waals surface area contributed by atoms with E-state index in [-0.39, 0.29) is 12.5 Å². The second-order valence-electron chi connectivity index (χ2n) is 5.08. The molecule has 5 heteroatoms. The van der Waals surface area contributed by atoms with E-state index < -0.39 is 17.5 Å². The molecular formula is C16H23NO4. The Morgan fingerprint density at radius 1 is 1.24 bits per heavy atom. The van der Waals surface area contributed by atoms with Gasteiger partial charge in [-0.25, -0.2) is 0 Å². The maximum absolute atomic E-state index is 12.0. The van der Waals surface area contributed by atoms with Gasteiger partial charge < -0.3 is 15.2 Å². The second kappa shape index (κ2) is 7.67. The molecule has 0 aliphatic heterocycles. The third-order valence-electron chi connectivity index (χ3n) is 3.83. The molecule has 21 heavy (non-hydrogen) atoms. The van der Waals surface area contributed by atoms with Crippen LogP contribution in [0.1, 0.15) is 33.6 Å². The number of benzene rings is 1. The Morgan fingerprint density at radius 3 is 2.29 bits per heavy atom. The minimum absolute atomic E-state index is 0.108. The van der Waals surface area contributed by atoms with Crippen LogP contribution in [0.15, 0.2) is 30.3 Å². The zero-order valence-electron chi connectivity index (χ0n) is 12.8. The van der Waals surface area contributed by atoms with Crippen LogP contribution >= 0.6 is 0 Å². The number of ether oxygens (including phenoxy) is 1. The van der Waals surface area contributed by atoms with Crippen molar-refractivity contribution in [3.05, 3.63) is 30.3 Å². The Hall–Kier alpha value is -2.04. The van der Waals surface area contributed by atoms with E-state index in [9.17, 15) is 14.7 Å². The first-order chi connectivity index (χ1) is 9.95. The quantitative estimate of drug-likeness (QED) is 0.772. The van der Waals surface area contributed by atoms with E-state index in [1.165, 1.54) is 0 Å². The van der Waals surface area contributed by atoms with Crippen molar-refractivity contribution in [1.82, 2.24) is 5.32 Å². The lowest BCUT2D eigenvalue weighted by Gasteiger charge is -2.27. The van der Waals surface area contributed by atoms with E-state index in [4.69, 9.17) is 4.74 Å². The maximum atomic E-state index is 12.0. The van der Waals surface area contributed by atoms with Crippen molar-refractivity contribution in [1.29, 1.82) is 0 Å². The van der Waals surface area contributed by atoms with Crippen LogP contribution in [0.3, 0.4) is 0 Å². The minimum atomic E-state index is -0.915. The normalized spacial score (nSPS) is 12.5. The molecular weight excluding hydrogens is 270 g/mol. The first-order valence-corrected chi connectivity index (χ1v) is 7.18. The Bertz CT molecular complexity index is 468. The maximum Gasteiger partial charge on any atom is 0.311 e. The number of amides is 1. The van der Waals surface area contributed by atoms with Crippen LogP contribution in [0.25, 0.3) is 0 Å². The molecule has 0 heterocycles. The summed E-state index contributed by atoms with van der Waals surface area (Å²) in [6.07, 6.45) is 0.257. The lowest BCUT2D eigenvalue weighted by Crippen LogP contribution is -2.46. The van der Waals surface area contributed by atoms with Gasteiger partial charge in [0, 0.05) is 6.54 Å². The summed E-state index contributed by atoms with van der Waals surface area (Å²) in [6.45, 7) is 5.38. The number of carbonyl (C=O) groups excluding carboxylic acids is 1. The highest BCUT2D eigenvalue weighted by molar-refractivity contribution is 5.82. The highest BCUT2D eigenvalue weighted by atomic mass is 16.5. The molecule has 1 amide bonds. The number of carboxylic acids is 1. The van der Waals surface area contributed by atoms with Crippen LogP contribution in [0.2, 0.25) is 0 Å². The summed E-state index contributed by atoms with van der Waals surface area (Å²) in [7, 11) is 0. The second-order valence-corrected chi connectivity index (χ2v) is 5.08. The fourth-order valence-corrected chi connectivity index (χ4v) is 2.03. The summed E-state index contributed by atoms with van der Waals surface area (Å²) in [6, 6.07) is 9.04. The Labute approximate surface area is 125 Å². The molecule has 0 bridgehead atoms. The number of aliphatic carboxylic acids is 1. The van der Waals surface area contributed by atoms with Gasteiger partial charge in [0.1, 0.15) is 5.75 Å². The average molecular weight is 293 g/mol. The topological polar surface area (TPSA) is 75.6 Å². The molecule has 0 spiro atoms. The number of nitrogens with one attached hydrogen (secondary N) is 1. The molecule has 5 nitrogen and oxygen atoms in total. The Kier molecular flexibility index (Phi) is 6.21. The SMILES string of the molecule is CCC(CC)(CNC(=O)C(C)Oc1ccccc1)C(=O)O. The van der Waals surface area contributed by atoms with Gasteiger partial charge in [-0.05, 0) is 31.9 Å². The lowest BCUT2D eigenvalue weighted by molar-refractivity contribution is -0.149. The third kappa shape index (κ3) is 4.48. The van der Waals surface area contributed by atoms with Crippen LogP contribution in [0.4, 0.5) is 0 Å². The number of rotatable bonds is 8. The van der Waals surface area contributed by atoms with Crippen LogP contribution in [-0.4, -0.2) is 29.6 Å². The summed E-state index contributed by atoms with van der Waals surface area (Å²) in [5.74, 6) is -0.591. The molecule has 2 N–H and O–H groups in total. The lowest BCUT2D eigenvalue weighted by atomic mass is 9.82. The number of carboxylic acid groups (broad SMARTS) is 1. The van der Waals surface area contributed by atoms with Crippen molar-refractivity contribution in [2.75, 3.05) is 6.54 Å². The standard InChI is InChI=1S/C16H23NO4/c1-4-16(5-2,15(19)20)11-17-14(18)12(3)21-13-9-7-6-8-10-13/h6-10,12H,4-5,11H2,1-3H3,(H,17,18)(H,19,20). The summed E-state index contributed by atoms with van der Waals surface area (Å²) in [5.41, 5.74) is -0.915. The van der Waals surface area contributed by atoms with Gasteiger partial charge >= 0.3 is 5.97 Å². The van der Waals surface area contributed by atoms with Crippen LogP contribution < -0.4 is 10.1 Å². The van der Waals surface area contributed by atoms with Crippen molar-refractivity contribution in [2.45, 2.75) is 39.7 Å². The smallest absolute Gasteiger partial charge is 0.311 e. The van der Waals surface area contributed by atoms with Crippen molar-refractivity contribution in [3.8, 4) is 5.75 Å². The van der Waals surface area contributed by atoms with Gasteiger partial charge in [0.15, 0.2) is 6.10 Å². The Balaban J connectivity index is 2.58. The van der Waals surface area contributed by atoms with Gasteiger partial charge in [0.2, 0.25) is 0 Å². The summed E-state index contributed by atoms with van der Waals surface area (Å²) < 4.78 is 5.51. The van der Waals surface area contributed by atoms with Crippen molar-refractivity contribution < 1.29 is 19.4 Å². The van der Waals surface area contributed by atoms with Gasteiger partial charge in [-0.15, -0.1) is 0 Å². The molecule has 0 saturated carbocycles. The van der Waals surface area contributed by atoms with Crippen LogP contribution in [0, 0.1) is 5.41 Å². The summed E-state index contributed by atoms with van der Waals surface area (Å²) in [5, 5.41) is 12.0. The summed E-state index contributed by atoms with van der Waals surface area (Å²) in [4.78, 5) is 23.4. The van der Waals surface area contributed by atoms with E-state index >= 15 is 0 Å². The van der Waals surface area contributed by atoms with E-state index in [1.807, 2.05) is 32.0 Å². The molecule has 1 aromatic carbocycles. The first-order valence-electron chi connectivity index (χ1n) is 7.18. The largest absolute Gasteiger partial charge is 0.481 e. The predicted molar refractivity (Wildman–Crippen MR) is 80.2 cm³/mol. The zero-order chi connectivity index (χ0) is 15.9. The monoisotopic (exact) mass is 293 g/mol. The molecule has 1 rings (SSSR count). The van der Waals surface area contributed by atoms with Crippen LogP contribution in [0.5, 0.6) is 5.75 Å². The molecule has 0 aliphatic rings. The Morgan fingerprint density at radius 2 is 1.81 bits per heavy atom. The van der Waals surface area contributed by atoms with Crippen molar-refractivity contribution in [2.24, 2.45) is 5.41 Å². The third-order valence-corrected chi connectivity index (χ3v) is 3.83. The highest BCUT2D eigenvalue weighted by Gasteiger charge is 2.35. The van der Waals surface area contributed by atoms with E-state index in [0.717, 1.165) is 0 Å². The number of carbonyl (C=O) groups is 2. The van der Waals surface area contributed by atoms with Gasteiger partial charge in [-0.2, -0.15) is 0 Å². The number of para-hydroxylation sites is 1. The molecule has 0 aromatic heterocycles. The molecule has 0 saturated heterocycles.